The molecule has 1 aliphatic heterocycles. The van der Waals surface area contributed by atoms with Crippen molar-refractivity contribution in [2.75, 3.05) is 0 Å². The van der Waals surface area contributed by atoms with E-state index >= 15 is 0 Å². The zero-order valence-corrected chi connectivity index (χ0v) is 20.8. The molecule has 1 nitrogen and oxygen atoms in total. The fourth-order valence-corrected chi connectivity index (χ4v) is 7.38. The van der Waals surface area contributed by atoms with Crippen molar-refractivity contribution in [3.05, 3.63) is 71.8 Å². The van der Waals surface area contributed by atoms with Gasteiger partial charge in [-0.1, -0.05) is 67.4 Å². The van der Waals surface area contributed by atoms with Crippen LogP contribution in [0, 0.1) is 0 Å². The number of nitrogens with zero attached hydrogens (tertiary/aromatic N) is 1. The smallest absolute Gasteiger partial charge is 0.106 e. The molecule has 32 heavy (non-hydrogen) atoms. The van der Waals surface area contributed by atoms with Crippen molar-refractivity contribution in [3.63, 3.8) is 0 Å². The minimum Gasteiger partial charge on any atom is -1.00 e. The van der Waals surface area contributed by atoms with Gasteiger partial charge in [0.2, 0.25) is 0 Å². The number of rotatable bonds is 3. The van der Waals surface area contributed by atoms with Crippen LogP contribution in [0.5, 0.6) is 0 Å². The Kier molecular flexibility index (Phi) is 6.45. The van der Waals surface area contributed by atoms with Gasteiger partial charge in [0, 0.05) is 11.1 Å². The van der Waals surface area contributed by atoms with Crippen LogP contribution in [0.1, 0.15) is 75.3 Å². The number of quaternary nitrogens is 1. The van der Waals surface area contributed by atoms with Gasteiger partial charge in [-0.2, -0.15) is 0 Å². The normalized spacial score (nSPS) is 21.2. The highest BCUT2D eigenvalue weighted by Crippen LogP contribution is 2.48. The molecule has 3 aliphatic rings. The van der Waals surface area contributed by atoms with Gasteiger partial charge in [0.25, 0.3) is 0 Å². The van der Waals surface area contributed by atoms with Crippen molar-refractivity contribution >= 4 is 10.8 Å². The monoisotopic (exact) mass is 489 g/mol. The average Bonchev–Trinajstić information content (AvgIpc) is 3.24. The van der Waals surface area contributed by atoms with Gasteiger partial charge in [0.1, 0.15) is 13.1 Å². The summed E-state index contributed by atoms with van der Waals surface area (Å²) in [6.07, 6.45) is 14.5. The fourth-order valence-electron chi connectivity index (χ4n) is 7.38. The number of benzene rings is 3. The third-order valence-electron chi connectivity index (χ3n) is 8.83. The second kappa shape index (κ2) is 9.31. The maximum absolute atomic E-state index is 2.56. The molecule has 0 bridgehead atoms. The molecule has 3 aromatic rings. The molecule has 2 fully saturated rings. The SMILES string of the molecule is [Br-].c1ccc(-c2c3c(cc4ccccc24)C[N+](C2CCCCC2)(C2CCCCC2)C3)cc1. The summed E-state index contributed by atoms with van der Waals surface area (Å²) in [6, 6.07) is 24.7. The van der Waals surface area contributed by atoms with Crippen LogP contribution < -0.4 is 17.0 Å². The van der Waals surface area contributed by atoms with Gasteiger partial charge >= 0.3 is 0 Å². The van der Waals surface area contributed by atoms with Crippen LogP contribution in [0.2, 0.25) is 0 Å². The molecule has 168 valence electrons. The highest BCUT2D eigenvalue weighted by atomic mass is 79.9. The first-order valence-corrected chi connectivity index (χ1v) is 12.8. The maximum atomic E-state index is 2.56. The van der Waals surface area contributed by atoms with Crippen molar-refractivity contribution in [1.29, 1.82) is 0 Å². The first-order chi connectivity index (χ1) is 15.4. The Hall–Kier alpha value is -1.64. The van der Waals surface area contributed by atoms with E-state index in [9.17, 15) is 0 Å². The summed E-state index contributed by atoms with van der Waals surface area (Å²) in [6.45, 7) is 2.54. The molecule has 0 unspecified atom stereocenters. The summed E-state index contributed by atoms with van der Waals surface area (Å²) in [7, 11) is 0. The molecule has 2 heteroatoms. The molecule has 0 saturated heterocycles. The van der Waals surface area contributed by atoms with Gasteiger partial charge in [-0.3, -0.25) is 0 Å². The summed E-state index contributed by atoms with van der Waals surface area (Å²) >= 11 is 0. The predicted molar refractivity (Wildman–Crippen MR) is 131 cm³/mol. The molecule has 0 radical (unpaired) electrons. The predicted octanol–water partition coefficient (Wildman–Crippen LogP) is 5.01. The summed E-state index contributed by atoms with van der Waals surface area (Å²) < 4.78 is 1.38. The summed E-state index contributed by atoms with van der Waals surface area (Å²) in [4.78, 5) is 0. The topological polar surface area (TPSA) is 0 Å². The van der Waals surface area contributed by atoms with E-state index in [1.165, 1.54) is 104 Å². The van der Waals surface area contributed by atoms with Crippen molar-refractivity contribution in [2.45, 2.75) is 89.4 Å². The second-order valence-electron chi connectivity index (χ2n) is 10.5. The fraction of sp³-hybridized carbons (Fsp3) is 0.467. The Bertz CT molecular complexity index is 1040. The van der Waals surface area contributed by atoms with Crippen LogP contribution in [0.25, 0.3) is 21.9 Å². The highest BCUT2D eigenvalue weighted by Gasteiger charge is 2.49. The van der Waals surface area contributed by atoms with E-state index in [1.807, 2.05) is 0 Å². The second-order valence-corrected chi connectivity index (χ2v) is 10.5. The van der Waals surface area contributed by atoms with E-state index in [2.05, 4.69) is 60.7 Å². The van der Waals surface area contributed by atoms with Crippen LogP contribution in [-0.2, 0) is 13.1 Å². The van der Waals surface area contributed by atoms with E-state index in [0.29, 0.717) is 0 Å². The minimum atomic E-state index is 0. The molecule has 3 aromatic carbocycles. The number of fused-ring (bicyclic) bond motifs is 2. The number of halogens is 1. The van der Waals surface area contributed by atoms with Crippen LogP contribution >= 0.6 is 0 Å². The molecule has 0 aromatic heterocycles. The quantitative estimate of drug-likeness (QED) is 0.453. The van der Waals surface area contributed by atoms with Crippen LogP contribution in [0.3, 0.4) is 0 Å². The Morgan fingerprint density at radius 1 is 0.625 bits per heavy atom. The zero-order chi connectivity index (χ0) is 20.7. The lowest BCUT2D eigenvalue weighted by Gasteiger charge is -2.50. The molecular weight excluding hydrogens is 454 g/mol. The van der Waals surface area contributed by atoms with E-state index in [-0.39, 0.29) is 17.0 Å². The molecule has 0 amide bonds. The Labute approximate surface area is 204 Å². The zero-order valence-electron chi connectivity index (χ0n) is 19.2. The summed E-state index contributed by atoms with van der Waals surface area (Å²) in [5, 5.41) is 2.87. The van der Waals surface area contributed by atoms with Gasteiger partial charge in [-0.25, -0.2) is 0 Å². The van der Waals surface area contributed by atoms with Gasteiger partial charge in [-0.05, 0) is 79.3 Å². The third kappa shape index (κ3) is 3.74. The summed E-state index contributed by atoms with van der Waals surface area (Å²) in [5.41, 5.74) is 6.25. The molecule has 2 saturated carbocycles. The van der Waals surface area contributed by atoms with Gasteiger partial charge in [0.05, 0.1) is 12.1 Å². The largest absolute Gasteiger partial charge is 1.00 e. The van der Waals surface area contributed by atoms with Crippen molar-refractivity contribution in [1.82, 2.24) is 0 Å². The standard InChI is InChI=1S/C30H36N.BrH/c1-4-12-23(13-5-1)30-28-19-11-10-14-24(28)20-25-21-31(22-29(25)30,26-15-6-2-7-16-26)27-17-8-3-9-18-27;/h1,4-5,10-14,19-20,26-27H,2-3,6-9,15-18,21-22H2;1H/q+1;/p-1. The first kappa shape index (κ1) is 22.2. The van der Waals surface area contributed by atoms with E-state index in [1.54, 1.807) is 11.1 Å². The van der Waals surface area contributed by atoms with Gasteiger partial charge in [-0.15, -0.1) is 0 Å². The van der Waals surface area contributed by atoms with Crippen molar-refractivity contribution < 1.29 is 21.5 Å². The van der Waals surface area contributed by atoms with Gasteiger partial charge < -0.3 is 21.5 Å². The van der Waals surface area contributed by atoms with Crippen LogP contribution in [0.4, 0.5) is 0 Å². The molecule has 0 N–H and O–H groups in total. The lowest BCUT2D eigenvalue weighted by molar-refractivity contribution is -0.994. The molecular formula is C30H36BrN. The Morgan fingerprint density at radius 2 is 1.22 bits per heavy atom. The molecule has 0 spiro atoms. The van der Waals surface area contributed by atoms with Gasteiger partial charge in [0.15, 0.2) is 0 Å². The molecule has 2 aliphatic carbocycles. The lowest BCUT2D eigenvalue weighted by Crippen LogP contribution is -3.00. The average molecular weight is 491 g/mol. The minimum absolute atomic E-state index is 0. The third-order valence-corrected chi connectivity index (χ3v) is 8.83. The van der Waals surface area contributed by atoms with Crippen molar-refractivity contribution in [2.24, 2.45) is 0 Å². The van der Waals surface area contributed by atoms with E-state index in [0.717, 1.165) is 12.1 Å². The number of hydrogen-bond donors (Lipinski definition) is 0. The Balaban J connectivity index is 0.00000216. The maximum Gasteiger partial charge on any atom is 0.106 e. The summed E-state index contributed by atoms with van der Waals surface area (Å²) in [5.74, 6) is 0. The van der Waals surface area contributed by atoms with Crippen LogP contribution in [-0.4, -0.2) is 16.6 Å². The highest BCUT2D eigenvalue weighted by molar-refractivity contribution is 5.99. The first-order valence-electron chi connectivity index (χ1n) is 12.8. The molecule has 6 rings (SSSR count). The Morgan fingerprint density at radius 3 is 1.88 bits per heavy atom. The molecule has 0 atom stereocenters. The number of hydrogen-bond acceptors (Lipinski definition) is 0. The van der Waals surface area contributed by atoms with Crippen LogP contribution in [0.15, 0.2) is 60.7 Å². The van der Waals surface area contributed by atoms with Crippen molar-refractivity contribution in [3.8, 4) is 11.1 Å². The van der Waals surface area contributed by atoms with E-state index < -0.39 is 0 Å². The molecule has 1 heterocycles. The van der Waals surface area contributed by atoms with E-state index in [4.69, 9.17) is 0 Å². The lowest BCUT2D eigenvalue weighted by atomic mass is 9.86.